The van der Waals surface area contributed by atoms with E-state index in [0.717, 1.165) is 0 Å². The lowest BCUT2D eigenvalue weighted by atomic mass is 10.1. The number of ether oxygens (including phenoxy) is 1. The number of nitrogens with zero attached hydrogens (tertiary/aromatic N) is 1. The first kappa shape index (κ1) is 14.1. The van der Waals surface area contributed by atoms with E-state index in [4.69, 9.17) is 9.15 Å². The SMILES string of the molecule is CCOC(=O)c1c(C)cc(=O)n(Cc2ccco2)c1C. The van der Waals surface area contributed by atoms with Gasteiger partial charge in [0.15, 0.2) is 0 Å². The van der Waals surface area contributed by atoms with Gasteiger partial charge in [-0.1, -0.05) is 0 Å². The summed E-state index contributed by atoms with van der Waals surface area (Å²) >= 11 is 0. The van der Waals surface area contributed by atoms with E-state index in [2.05, 4.69) is 0 Å². The molecule has 2 aromatic heterocycles. The fourth-order valence-electron chi connectivity index (χ4n) is 2.19. The summed E-state index contributed by atoms with van der Waals surface area (Å²) in [6, 6.07) is 4.99. The van der Waals surface area contributed by atoms with Gasteiger partial charge in [-0.05, 0) is 38.5 Å². The fourth-order valence-corrected chi connectivity index (χ4v) is 2.19. The zero-order valence-corrected chi connectivity index (χ0v) is 11.8. The highest BCUT2D eigenvalue weighted by atomic mass is 16.5. The van der Waals surface area contributed by atoms with E-state index in [1.165, 1.54) is 10.6 Å². The molecule has 0 fully saturated rings. The molecule has 106 valence electrons. The summed E-state index contributed by atoms with van der Waals surface area (Å²) in [5.74, 6) is 0.254. The Morgan fingerprint density at radius 1 is 1.40 bits per heavy atom. The maximum Gasteiger partial charge on any atom is 0.340 e. The molecule has 0 unspecified atom stereocenters. The largest absolute Gasteiger partial charge is 0.467 e. The topological polar surface area (TPSA) is 61.4 Å². The number of hydrogen-bond acceptors (Lipinski definition) is 4. The van der Waals surface area contributed by atoms with E-state index in [1.807, 2.05) is 0 Å². The number of furan rings is 1. The van der Waals surface area contributed by atoms with Gasteiger partial charge in [0.2, 0.25) is 0 Å². The third-order valence-corrected chi connectivity index (χ3v) is 3.14. The van der Waals surface area contributed by atoms with Crippen molar-refractivity contribution in [3.05, 3.63) is 57.4 Å². The molecule has 0 amide bonds. The van der Waals surface area contributed by atoms with Crippen molar-refractivity contribution in [2.45, 2.75) is 27.3 Å². The third-order valence-electron chi connectivity index (χ3n) is 3.14. The molecule has 20 heavy (non-hydrogen) atoms. The summed E-state index contributed by atoms with van der Waals surface area (Å²) < 4.78 is 11.8. The van der Waals surface area contributed by atoms with Gasteiger partial charge >= 0.3 is 5.97 Å². The Hall–Kier alpha value is -2.30. The Labute approximate surface area is 116 Å². The van der Waals surface area contributed by atoms with Crippen molar-refractivity contribution in [1.82, 2.24) is 4.57 Å². The van der Waals surface area contributed by atoms with Crippen LogP contribution in [0.5, 0.6) is 0 Å². The molecule has 0 radical (unpaired) electrons. The van der Waals surface area contributed by atoms with Crippen molar-refractivity contribution >= 4 is 5.97 Å². The van der Waals surface area contributed by atoms with E-state index >= 15 is 0 Å². The molecule has 0 aliphatic carbocycles. The minimum absolute atomic E-state index is 0.163. The van der Waals surface area contributed by atoms with Gasteiger partial charge in [-0.15, -0.1) is 0 Å². The van der Waals surface area contributed by atoms with Crippen molar-refractivity contribution in [2.75, 3.05) is 6.61 Å². The number of aromatic nitrogens is 1. The molecule has 0 aliphatic heterocycles. The number of pyridine rings is 1. The molecule has 0 aliphatic rings. The maximum atomic E-state index is 12.1. The Balaban J connectivity index is 2.49. The molecule has 5 nitrogen and oxygen atoms in total. The number of carbonyl (C=O) groups is 1. The van der Waals surface area contributed by atoms with Gasteiger partial charge in [-0.2, -0.15) is 0 Å². The number of rotatable bonds is 4. The minimum Gasteiger partial charge on any atom is -0.467 e. The number of hydrogen-bond donors (Lipinski definition) is 0. The summed E-state index contributed by atoms with van der Waals surface area (Å²) in [5, 5.41) is 0. The van der Waals surface area contributed by atoms with Gasteiger partial charge < -0.3 is 13.7 Å². The average molecular weight is 275 g/mol. The minimum atomic E-state index is -0.407. The third kappa shape index (κ3) is 2.66. The monoisotopic (exact) mass is 275 g/mol. The van der Waals surface area contributed by atoms with Crippen LogP contribution in [0.1, 0.15) is 34.3 Å². The second-order valence-electron chi connectivity index (χ2n) is 4.51. The average Bonchev–Trinajstić information content (AvgIpc) is 2.87. The van der Waals surface area contributed by atoms with E-state index in [1.54, 1.807) is 39.2 Å². The zero-order valence-electron chi connectivity index (χ0n) is 11.8. The molecule has 5 heteroatoms. The predicted octanol–water partition coefficient (Wildman–Crippen LogP) is 2.28. The number of esters is 1. The highest BCUT2D eigenvalue weighted by Gasteiger charge is 2.18. The van der Waals surface area contributed by atoms with Crippen LogP contribution < -0.4 is 5.56 Å². The van der Waals surface area contributed by atoms with Crippen LogP contribution in [0.15, 0.2) is 33.7 Å². The first-order chi connectivity index (χ1) is 9.54. The van der Waals surface area contributed by atoms with Gasteiger partial charge in [0, 0.05) is 11.8 Å². The normalized spacial score (nSPS) is 10.6. The smallest absolute Gasteiger partial charge is 0.340 e. The predicted molar refractivity (Wildman–Crippen MR) is 73.9 cm³/mol. The van der Waals surface area contributed by atoms with E-state index in [9.17, 15) is 9.59 Å². The molecule has 0 saturated carbocycles. The first-order valence-electron chi connectivity index (χ1n) is 6.45. The molecule has 2 heterocycles. The Bertz CT molecular complexity index is 668. The summed E-state index contributed by atoms with van der Waals surface area (Å²) in [5.41, 5.74) is 1.49. The van der Waals surface area contributed by atoms with Crippen molar-refractivity contribution in [2.24, 2.45) is 0 Å². The lowest BCUT2D eigenvalue weighted by Gasteiger charge is -2.14. The lowest BCUT2D eigenvalue weighted by Crippen LogP contribution is -2.26. The fraction of sp³-hybridized carbons (Fsp3) is 0.333. The van der Waals surface area contributed by atoms with Crippen molar-refractivity contribution in [3.63, 3.8) is 0 Å². The molecule has 0 spiro atoms. The lowest BCUT2D eigenvalue weighted by molar-refractivity contribution is 0.0523. The number of aryl methyl sites for hydroxylation is 1. The number of carbonyl (C=O) groups excluding carboxylic acids is 1. The zero-order chi connectivity index (χ0) is 14.7. The summed E-state index contributed by atoms with van der Waals surface area (Å²) in [4.78, 5) is 24.1. The van der Waals surface area contributed by atoms with Crippen LogP contribution in [-0.4, -0.2) is 17.1 Å². The highest BCUT2D eigenvalue weighted by Crippen LogP contribution is 2.14. The highest BCUT2D eigenvalue weighted by molar-refractivity contribution is 5.92. The van der Waals surface area contributed by atoms with Crippen molar-refractivity contribution in [1.29, 1.82) is 0 Å². The van der Waals surface area contributed by atoms with Crippen molar-refractivity contribution < 1.29 is 13.9 Å². The molecular weight excluding hydrogens is 258 g/mol. The van der Waals surface area contributed by atoms with E-state index in [0.29, 0.717) is 35.7 Å². The molecular formula is C15H17NO4. The first-order valence-corrected chi connectivity index (χ1v) is 6.45. The van der Waals surface area contributed by atoms with E-state index < -0.39 is 5.97 Å². The quantitative estimate of drug-likeness (QED) is 0.803. The Kier molecular flexibility index (Phi) is 4.08. The maximum absolute atomic E-state index is 12.1. The summed E-state index contributed by atoms with van der Waals surface area (Å²) in [6.45, 7) is 5.82. The van der Waals surface area contributed by atoms with Gasteiger partial charge in [-0.25, -0.2) is 4.79 Å². The van der Waals surface area contributed by atoms with Crippen LogP contribution in [0.25, 0.3) is 0 Å². The van der Waals surface area contributed by atoms with Gasteiger partial charge in [0.05, 0.1) is 25.0 Å². The Morgan fingerprint density at radius 2 is 2.15 bits per heavy atom. The van der Waals surface area contributed by atoms with Gasteiger partial charge in [0.1, 0.15) is 5.76 Å². The molecule has 0 N–H and O–H groups in total. The van der Waals surface area contributed by atoms with Crippen LogP contribution in [0.4, 0.5) is 0 Å². The van der Waals surface area contributed by atoms with Crippen LogP contribution >= 0.6 is 0 Å². The van der Waals surface area contributed by atoms with E-state index in [-0.39, 0.29) is 5.56 Å². The summed E-state index contributed by atoms with van der Waals surface area (Å²) in [6.07, 6.45) is 1.55. The summed E-state index contributed by atoms with van der Waals surface area (Å²) in [7, 11) is 0. The van der Waals surface area contributed by atoms with Crippen LogP contribution in [-0.2, 0) is 11.3 Å². The van der Waals surface area contributed by atoms with Crippen molar-refractivity contribution in [3.8, 4) is 0 Å². The van der Waals surface area contributed by atoms with Crippen LogP contribution in [0, 0.1) is 13.8 Å². The molecule has 2 aromatic rings. The van der Waals surface area contributed by atoms with Gasteiger partial charge in [-0.3, -0.25) is 4.79 Å². The molecule has 2 rings (SSSR count). The standard InChI is InChI=1S/C15H17NO4/c1-4-19-15(18)14-10(2)8-13(17)16(11(14)3)9-12-6-5-7-20-12/h5-8H,4,9H2,1-3H3. The van der Waals surface area contributed by atoms with Crippen LogP contribution in [0.2, 0.25) is 0 Å². The molecule has 0 atom stereocenters. The second-order valence-corrected chi connectivity index (χ2v) is 4.51. The Morgan fingerprint density at radius 3 is 2.75 bits per heavy atom. The molecule has 0 aromatic carbocycles. The van der Waals surface area contributed by atoms with Gasteiger partial charge in [0.25, 0.3) is 5.56 Å². The molecule has 0 bridgehead atoms. The second kappa shape index (κ2) is 5.77. The van der Waals surface area contributed by atoms with Crippen LogP contribution in [0.3, 0.4) is 0 Å². The molecule has 0 saturated heterocycles.